The zero-order chi connectivity index (χ0) is 27.3. The summed E-state index contributed by atoms with van der Waals surface area (Å²) in [6.07, 6.45) is 15.1. The van der Waals surface area contributed by atoms with Gasteiger partial charge in [0.05, 0.1) is 11.4 Å². The Morgan fingerprint density at radius 2 is 0.846 bits per heavy atom. The lowest BCUT2D eigenvalue weighted by Gasteiger charge is -2.39. The summed E-state index contributed by atoms with van der Waals surface area (Å²) in [5, 5.41) is 0. The van der Waals surface area contributed by atoms with E-state index in [1.807, 2.05) is 12.1 Å². The molecule has 5 aliphatic rings. The van der Waals surface area contributed by atoms with Crippen LogP contribution in [0.25, 0.3) is 0 Å². The number of nitrogens with zero attached hydrogens (tertiary/aromatic N) is 3. The Morgan fingerprint density at radius 3 is 1.28 bits per heavy atom. The van der Waals surface area contributed by atoms with Crippen LogP contribution in [0.15, 0.2) is 54.7 Å². The lowest BCUT2D eigenvalue weighted by Crippen LogP contribution is -2.42. The monoisotopic (exact) mass is 527 g/mol. The lowest BCUT2D eigenvalue weighted by atomic mass is 9.69. The van der Waals surface area contributed by atoms with Crippen LogP contribution in [0.5, 0.6) is 0 Å². The first-order valence-corrected chi connectivity index (χ1v) is 13.6. The SMILES string of the molecule is O=C1C=CC(=O)N1c1cc(C2CCC(C3CCC(N4C(=O)C=CC4=O)CC3)CC2)cc(N2C(=O)C=CC2=O)c1. The Kier molecular flexibility index (Phi) is 6.37. The highest BCUT2D eigenvalue weighted by Crippen LogP contribution is 2.45. The van der Waals surface area contributed by atoms with E-state index >= 15 is 0 Å². The van der Waals surface area contributed by atoms with Gasteiger partial charge in [0.2, 0.25) is 0 Å². The molecule has 6 rings (SSSR count). The Labute approximate surface area is 225 Å². The molecule has 2 aliphatic carbocycles. The second-order valence-corrected chi connectivity index (χ2v) is 11.0. The largest absolute Gasteiger partial charge is 0.272 e. The molecule has 2 fully saturated rings. The Hall–Kier alpha value is -4.14. The number of hydrogen-bond acceptors (Lipinski definition) is 6. The van der Waals surface area contributed by atoms with Crippen molar-refractivity contribution in [2.45, 2.75) is 63.3 Å². The van der Waals surface area contributed by atoms with Crippen molar-refractivity contribution in [2.24, 2.45) is 11.8 Å². The van der Waals surface area contributed by atoms with E-state index in [1.54, 1.807) is 6.07 Å². The van der Waals surface area contributed by atoms with Gasteiger partial charge in [0, 0.05) is 42.5 Å². The highest BCUT2D eigenvalue weighted by molar-refractivity contribution is 6.30. The molecular weight excluding hydrogens is 498 g/mol. The summed E-state index contributed by atoms with van der Waals surface area (Å²) in [4.78, 5) is 77.3. The molecule has 2 saturated carbocycles. The summed E-state index contributed by atoms with van der Waals surface area (Å²) >= 11 is 0. The van der Waals surface area contributed by atoms with E-state index in [0.29, 0.717) is 23.2 Å². The van der Waals surface area contributed by atoms with Crippen LogP contribution in [0.3, 0.4) is 0 Å². The van der Waals surface area contributed by atoms with E-state index in [2.05, 4.69) is 0 Å². The van der Waals surface area contributed by atoms with Crippen LogP contribution in [-0.4, -0.2) is 46.4 Å². The molecule has 6 amide bonds. The summed E-state index contributed by atoms with van der Waals surface area (Å²) in [5.74, 6) is -0.922. The first-order chi connectivity index (χ1) is 18.8. The Bertz CT molecular complexity index is 1260. The second-order valence-electron chi connectivity index (χ2n) is 11.0. The van der Waals surface area contributed by atoms with E-state index in [9.17, 15) is 28.8 Å². The summed E-state index contributed by atoms with van der Waals surface area (Å²) in [6.45, 7) is 0. The van der Waals surface area contributed by atoms with Gasteiger partial charge in [-0.25, -0.2) is 9.80 Å². The molecule has 0 atom stereocenters. The third kappa shape index (κ3) is 4.56. The van der Waals surface area contributed by atoms with Crippen LogP contribution in [-0.2, 0) is 28.8 Å². The summed E-state index contributed by atoms with van der Waals surface area (Å²) < 4.78 is 0. The van der Waals surface area contributed by atoms with Gasteiger partial charge >= 0.3 is 0 Å². The molecule has 200 valence electrons. The summed E-state index contributed by atoms with van der Waals surface area (Å²) in [5.41, 5.74) is 1.62. The predicted molar refractivity (Wildman–Crippen MR) is 141 cm³/mol. The van der Waals surface area contributed by atoms with Crippen molar-refractivity contribution in [3.05, 3.63) is 60.2 Å². The third-order valence-corrected chi connectivity index (χ3v) is 8.92. The van der Waals surface area contributed by atoms with Crippen LogP contribution >= 0.6 is 0 Å². The average molecular weight is 528 g/mol. The molecule has 9 nitrogen and oxygen atoms in total. The molecular formula is C30H29N3O6. The maximum absolute atomic E-state index is 12.4. The Balaban J connectivity index is 1.15. The van der Waals surface area contributed by atoms with Crippen molar-refractivity contribution in [2.75, 3.05) is 9.80 Å². The summed E-state index contributed by atoms with van der Waals surface area (Å²) in [7, 11) is 0. The molecule has 3 heterocycles. The highest BCUT2D eigenvalue weighted by Gasteiger charge is 2.37. The predicted octanol–water partition coefficient (Wildman–Crippen LogP) is 3.30. The van der Waals surface area contributed by atoms with Gasteiger partial charge in [-0.05, 0) is 92.9 Å². The van der Waals surface area contributed by atoms with Crippen LogP contribution in [0, 0.1) is 11.8 Å². The fourth-order valence-electron chi connectivity index (χ4n) is 6.95. The molecule has 0 spiro atoms. The molecule has 1 aromatic carbocycles. The van der Waals surface area contributed by atoms with Crippen molar-refractivity contribution >= 4 is 46.8 Å². The summed E-state index contributed by atoms with van der Waals surface area (Å²) in [6, 6.07) is 5.20. The van der Waals surface area contributed by atoms with Crippen molar-refractivity contribution in [1.82, 2.24) is 4.90 Å². The zero-order valence-corrected chi connectivity index (χ0v) is 21.5. The number of hydrogen-bond donors (Lipinski definition) is 0. The van der Waals surface area contributed by atoms with Crippen molar-refractivity contribution in [1.29, 1.82) is 0 Å². The number of rotatable bonds is 5. The van der Waals surface area contributed by atoms with Gasteiger partial charge in [0.15, 0.2) is 0 Å². The minimum absolute atomic E-state index is 0.00949. The molecule has 39 heavy (non-hydrogen) atoms. The van der Waals surface area contributed by atoms with Gasteiger partial charge in [0.25, 0.3) is 35.4 Å². The lowest BCUT2D eigenvalue weighted by molar-refractivity contribution is -0.140. The number of benzene rings is 1. The van der Waals surface area contributed by atoms with E-state index in [-0.39, 0.29) is 23.8 Å². The molecule has 0 N–H and O–H groups in total. The molecule has 0 saturated heterocycles. The molecule has 9 heteroatoms. The molecule has 3 aliphatic heterocycles. The molecule has 1 aromatic rings. The fraction of sp³-hybridized carbons (Fsp3) is 0.400. The van der Waals surface area contributed by atoms with Crippen LogP contribution in [0.2, 0.25) is 0 Å². The average Bonchev–Trinajstić information content (AvgIpc) is 3.58. The molecule has 0 bridgehead atoms. The van der Waals surface area contributed by atoms with Gasteiger partial charge in [-0.3, -0.25) is 33.7 Å². The first-order valence-electron chi connectivity index (χ1n) is 13.6. The minimum Gasteiger partial charge on any atom is -0.272 e. The van der Waals surface area contributed by atoms with Crippen LogP contribution < -0.4 is 9.80 Å². The van der Waals surface area contributed by atoms with Gasteiger partial charge in [-0.15, -0.1) is 0 Å². The number of carbonyl (C=O) groups is 6. The van der Waals surface area contributed by atoms with Gasteiger partial charge in [0.1, 0.15) is 0 Å². The third-order valence-electron chi connectivity index (χ3n) is 8.92. The number of amides is 6. The maximum atomic E-state index is 12.4. The molecule has 0 radical (unpaired) electrons. The normalized spacial score (nSPS) is 29.1. The smallest absolute Gasteiger partial charge is 0.258 e. The van der Waals surface area contributed by atoms with E-state index in [0.717, 1.165) is 66.7 Å². The number of anilines is 2. The number of imide groups is 3. The molecule has 0 aromatic heterocycles. The zero-order valence-electron chi connectivity index (χ0n) is 21.5. The maximum Gasteiger partial charge on any atom is 0.258 e. The van der Waals surface area contributed by atoms with E-state index in [4.69, 9.17) is 0 Å². The minimum atomic E-state index is -0.451. The standard InChI is InChI=1S/C30H29N3O6/c34-25-9-10-26(35)31(25)22-7-5-19(6-8-22)18-1-3-20(4-2-18)21-15-23(32-27(36)11-12-28(32)37)17-24(16-21)33-29(38)13-14-30(33)39/h9-20,22H,1-8H2. The van der Waals surface area contributed by atoms with Crippen molar-refractivity contribution < 1.29 is 28.8 Å². The van der Waals surface area contributed by atoms with Crippen molar-refractivity contribution in [3.8, 4) is 0 Å². The van der Waals surface area contributed by atoms with Gasteiger partial charge in [-0.1, -0.05) is 0 Å². The second kappa shape index (κ2) is 9.87. The quantitative estimate of drug-likeness (QED) is 0.543. The van der Waals surface area contributed by atoms with Gasteiger partial charge < -0.3 is 0 Å². The Morgan fingerprint density at radius 1 is 0.462 bits per heavy atom. The van der Waals surface area contributed by atoms with Crippen molar-refractivity contribution in [3.63, 3.8) is 0 Å². The fourth-order valence-corrected chi connectivity index (χ4v) is 6.95. The first kappa shape index (κ1) is 25.2. The van der Waals surface area contributed by atoms with Crippen LogP contribution in [0.4, 0.5) is 11.4 Å². The highest BCUT2D eigenvalue weighted by atomic mass is 16.2. The topological polar surface area (TPSA) is 112 Å². The van der Waals surface area contributed by atoms with E-state index in [1.165, 1.54) is 41.4 Å². The van der Waals surface area contributed by atoms with Gasteiger partial charge in [-0.2, -0.15) is 0 Å². The number of carbonyl (C=O) groups excluding carboxylic acids is 6. The van der Waals surface area contributed by atoms with E-state index < -0.39 is 23.6 Å². The molecule has 0 unspecified atom stereocenters. The van der Waals surface area contributed by atoms with Crippen LogP contribution in [0.1, 0.15) is 62.8 Å².